The summed E-state index contributed by atoms with van der Waals surface area (Å²) in [4.78, 5) is 15.2. The van der Waals surface area contributed by atoms with Gasteiger partial charge in [-0.2, -0.15) is 0 Å². The first-order valence-electron chi connectivity index (χ1n) is 14.4. The summed E-state index contributed by atoms with van der Waals surface area (Å²) in [7, 11) is 0. The molecule has 0 aromatic heterocycles. The maximum Gasteiger partial charge on any atom is 0.339 e. The Bertz CT molecular complexity index is 1230. The number of esters is 1. The van der Waals surface area contributed by atoms with Crippen molar-refractivity contribution in [2.75, 3.05) is 31.2 Å². The van der Waals surface area contributed by atoms with Crippen molar-refractivity contribution in [3.8, 4) is 5.75 Å². The average molecular weight is 573 g/mol. The molecule has 1 saturated carbocycles. The Morgan fingerprint density at radius 2 is 2.10 bits per heavy atom. The molecule has 1 fully saturated rings. The molecule has 1 heterocycles. The summed E-state index contributed by atoms with van der Waals surface area (Å²) in [6.07, 6.45) is 10.8. The summed E-state index contributed by atoms with van der Waals surface area (Å²) in [5, 5.41) is 12.0. The molecule has 2 aromatic carbocycles. The van der Waals surface area contributed by atoms with E-state index < -0.39 is 12.1 Å². The number of ether oxygens (including phenoxy) is 2. The Kier molecular flexibility index (Phi) is 8.80. The lowest BCUT2D eigenvalue weighted by Gasteiger charge is -2.45. The van der Waals surface area contributed by atoms with Crippen molar-refractivity contribution in [3.63, 3.8) is 0 Å². The second-order valence-electron chi connectivity index (χ2n) is 11.3. The highest BCUT2D eigenvalue weighted by atomic mass is 35.5. The van der Waals surface area contributed by atoms with E-state index in [1.807, 2.05) is 18.2 Å². The molecule has 0 bridgehead atoms. The minimum Gasteiger partial charge on any atom is -0.490 e. The third kappa shape index (κ3) is 5.82. The first kappa shape index (κ1) is 28.3. The van der Waals surface area contributed by atoms with Gasteiger partial charge in [0.25, 0.3) is 0 Å². The quantitative estimate of drug-likeness (QED) is 0.264. The Hall–Kier alpha value is -2.21. The van der Waals surface area contributed by atoms with Gasteiger partial charge in [0.05, 0.1) is 35.6 Å². The number of hydrogen-bond donors (Lipinski definition) is 1. The normalized spacial score (nSPS) is 24.9. The number of aryl methyl sites for hydroxylation is 1. The Labute approximate surface area is 242 Å². The Balaban J connectivity index is 1.51. The number of carbonyl (C=O) groups excluding carboxylic acids is 1. The van der Waals surface area contributed by atoms with Crippen LogP contribution >= 0.6 is 23.2 Å². The van der Waals surface area contributed by atoms with Crippen LogP contribution < -0.4 is 9.64 Å². The largest absolute Gasteiger partial charge is 0.490 e. The van der Waals surface area contributed by atoms with E-state index in [0.29, 0.717) is 28.9 Å². The average Bonchev–Trinajstić information content (AvgIpc) is 3.03. The second kappa shape index (κ2) is 12.1. The molecule has 5 rings (SSSR count). The van der Waals surface area contributed by atoms with Gasteiger partial charge in [-0.25, -0.2) is 4.79 Å². The van der Waals surface area contributed by atoms with Crippen LogP contribution in [-0.4, -0.2) is 43.5 Å². The molecule has 0 radical (unpaired) electrons. The summed E-state index contributed by atoms with van der Waals surface area (Å²) < 4.78 is 11.8. The van der Waals surface area contributed by atoms with E-state index >= 15 is 0 Å². The van der Waals surface area contributed by atoms with E-state index in [1.165, 1.54) is 11.1 Å². The maximum atomic E-state index is 12.8. The number of allylic oxidation sites excluding steroid dienone is 1. The number of halogens is 2. The monoisotopic (exact) mass is 571 g/mol. The van der Waals surface area contributed by atoms with Gasteiger partial charge >= 0.3 is 5.97 Å². The van der Waals surface area contributed by atoms with Crippen molar-refractivity contribution in [1.29, 1.82) is 0 Å². The van der Waals surface area contributed by atoms with Crippen LogP contribution in [0.4, 0.5) is 5.69 Å². The molecule has 3 unspecified atom stereocenters. The van der Waals surface area contributed by atoms with Crippen LogP contribution in [0.3, 0.4) is 0 Å². The van der Waals surface area contributed by atoms with Crippen molar-refractivity contribution in [3.05, 3.63) is 69.2 Å². The molecule has 1 N–H and O–H groups in total. The van der Waals surface area contributed by atoms with E-state index in [4.69, 9.17) is 32.7 Å². The lowest BCUT2D eigenvalue weighted by atomic mass is 9.68. The number of hydrogen-bond acceptors (Lipinski definition) is 5. The molecular weight excluding hydrogens is 533 g/mol. The van der Waals surface area contributed by atoms with Gasteiger partial charge in [0, 0.05) is 29.6 Å². The molecule has 7 heteroatoms. The fraction of sp³-hybridized carbons (Fsp3) is 0.531. The minimum absolute atomic E-state index is 0.216. The number of carbonyl (C=O) groups is 1. The molecular formula is C32H39Cl2NO4. The van der Waals surface area contributed by atoms with Crippen molar-refractivity contribution in [2.45, 2.75) is 70.3 Å². The molecule has 2 aromatic rings. The number of benzene rings is 2. The van der Waals surface area contributed by atoms with Crippen molar-refractivity contribution in [1.82, 2.24) is 0 Å². The van der Waals surface area contributed by atoms with Crippen molar-refractivity contribution < 1.29 is 19.4 Å². The molecule has 39 heavy (non-hydrogen) atoms. The van der Waals surface area contributed by atoms with E-state index in [9.17, 15) is 9.90 Å². The summed E-state index contributed by atoms with van der Waals surface area (Å²) in [5.41, 5.74) is 3.58. The molecule has 5 nitrogen and oxygen atoms in total. The molecule has 3 aliphatic rings. The number of unbranched alkanes of at least 4 members (excludes halogenated alkanes) is 1. The molecule has 210 valence electrons. The lowest BCUT2D eigenvalue weighted by Crippen LogP contribution is -2.49. The number of rotatable bonds is 8. The van der Waals surface area contributed by atoms with Crippen LogP contribution in [0, 0.1) is 11.8 Å². The Morgan fingerprint density at radius 1 is 1.26 bits per heavy atom. The van der Waals surface area contributed by atoms with Gasteiger partial charge in [-0.05, 0) is 86.6 Å². The molecule has 2 aliphatic carbocycles. The van der Waals surface area contributed by atoms with Gasteiger partial charge in [-0.15, -0.1) is 0 Å². The first-order valence-corrected chi connectivity index (χ1v) is 15.1. The number of nitrogens with zero attached hydrogens (tertiary/aromatic N) is 1. The zero-order valence-electron chi connectivity index (χ0n) is 22.9. The van der Waals surface area contributed by atoms with Crippen LogP contribution in [0.1, 0.15) is 73.9 Å². The van der Waals surface area contributed by atoms with Crippen LogP contribution in [0.25, 0.3) is 0 Å². The smallest absolute Gasteiger partial charge is 0.339 e. The summed E-state index contributed by atoms with van der Waals surface area (Å²) in [6.45, 7) is 6.26. The van der Waals surface area contributed by atoms with Gasteiger partial charge in [0.1, 0.15) is 5.75 Å². The third-order valence-corrected chi connectivity index (χ3v) is 9.33. The number of anilines is 1. The SMILES string of the molecule is CCC/C=C/[C@H](O)C1CCC1CN1CC2(CCCc3cc(Cl)ccc32)COc2cc(Cl)c(C(=O)OCC)cc21. The molecule has 0 saturated heterocycles. The van der Waals surface area contributed by atoms with Gasteiger partial charge in [0.15, 0.2) is 0 Å². The van der Waals surface area contributed by atoms with Crippen LogP contribution in [0.15, 0.2) is 42.5 Å². The van der Waals surface area contributed by atoms with Gasteiger partial charge in [-0.3, -0.25) is 0 Å². The zero-order chi connectivity index (χ0) is 27.6. The molecule has 4 atom stereocenters. The zero-order valence-corrected chi connectivity index (χ0v) is 24.4. The second-order valence-corrected chi connectivity index (χ2v) is 12.2. The van der Waals surface area contributed by atoms with E-state index in [0.717, 1.165) is 68.7 Å². The third-order valence-electron chi connectivity index (χ3n) is 8.78. The highest BCUT2D eigenvalue weighted by Gasteiger charge is 2.44. The van der Waals surface area contributed by atoms with E-state index in [2.05, 4.69) is 30.0 Å². The predicted molar refractivity (Wildman–Crippen MR) is 157 cm³/mol. The summed E-state index contributed by atoms with van der Waals surface area (Å²) >= 11 is 13.0. The number of aliphatic hydroxyl groups excluding tert-OH is 1. The predicted octanol–water partition coefficient (Wildman–Crippen LogP) is 7.39. The topological polar surface area (TPSA) is 59.0 Å². The standard InChI is InChI=1S/C32H39Cl2NO4/c1-3-5-6-9-29(36)24-12-10-22(24)18-35-19-32(14-7-8-21-15-23(33)11-13-26(21)32)20-39-30-17-27(34)25(16-28(30)35)31(37)38-4-2/h6,9,11,13,15-17,22,24,29,36H,3-5,7-8,10,12,14,18-20H2,1-2H3/b9-6+/t22?,24?,29-,32?/m0/s1. The van der Waals surface area contributed by atoms with Crippen LogP contribution in [-0.2, 0) is 16.6 Å². The summed E-state index contributed by atoms with van der Waals surface area (Å²) in [5.74, 6) is 0.811. The summed E-state index contributed by atoms with van der Waals surface area (Å²) in [6, 6.07) is 9.84. The van der Waals surface area contributed by atoms with E-state index in [1.54, 1.807) is 13.0 Å². The van der Waals surface area contributed by atoms with Gasteiger partial charge in [-0.1, -0.05) is 54.8 Å². The van der Waals surface area contributed by atoms with Crippen molar-refractivity contribution in [2.24, 2.45) is 11.8 Å². The Morgan fingerprint density at radius 3 is 2.85 bits per heavy atom. The van der Waals surface area contributed by atoms with Crippen LogP contribution in [0.5, 0.6) is 5.75 Å². The maximum absolute atomic E-state index is 12.8. The fourth-order valence-corrected chi connectivity index (χ4v) is 7.02. The van der Waals surface area contributed by atoms with Crippen molar-refractivity contribution >= 4 is 34.9 Å². The number of fused-ring (bicyclic) bond motifs is 3. The lowest BCUT2D eigenvalue weighted by molar-refractivity contribution is 0.0456. The molecule has 1 aliphatic heterocycles. The van der Waals surface area contributed by atoms with Gasteiger partial charge in [0.2, 0.25) is 0 Å². The van der Waals surface area contributed by atoms with Gasteiger partial charge < -0.3 is 19.5 Å². The van der Waals surface area contributed by atoms with Crippen LogP contribution in [0.2, 0.25) is 10.0 Å². The number of aliphatic hydroxyl groups is 1. The fourth-order valence-electron chi connectivity index (χ4n) is 6.60. The molecule has 0 amide bonds. The first-order chi connectivity index (χ1) is 18.8. The minimum atomic E-state index is -0.440. The highest BCUT2D eigenvalue weighted by Crippen LogP contribution is 2.47. The highest BCUT2D eigenvalue weighted by molar-refractivity contribution is 6.34. The van der Waals surface area contributed by atoms with E-state index in [-0.39, 0.29) is 17.9 Å². The molecule has 1 spiro atoms.